The Morgan fingerprint density at radius 1 is 1.16 bits per heavy atom. The van der Waals surface area contributed by atoms with Gasteiger partial charge in [0, 0.05) is 11.8 Å². The largest absolute Gasteiger partial charge is 0.386 e. The van der Waals surface area contributed by atoms with Gasteiger partial charge in [0.15, 0.2) is 0 Å². The monoisotopic (exact) mass is 264 g/mol. The van der Waals surface area contributed by atoms with E-state index in [1.807, 2.05) is 0 Å². The van der Waals surface area contributed by atoms with Crippen molar-refractivity contribution in [3.05, 3.63) is 29.8 Å². The number of nitrogens with zero attached hydrogens (tertiary/aromatic N) is 2. The van der Waals surface area contributed by atoms with Gasteiger partial charge in [-0.25, -0.2) is 4.39 Å². The molecule has 1 atom stereocenters. The predicted octanol–water partition coefficient (Wildman–Crippen LogP) is 2.66. The summed E-state index contributed by atoms with van der Waals surface area (Å²) in [7, 11) is 0. The van der Waals surface area contributed by atoms with Crippen molar-refractivity contribution in [2.24, 2.45) is 0 Å². The molecule has 2 fully saturated rings. The number of halogens is 1. The normalized spacial score (nSPS) is 24.7. The summed E-state index contributed by atoms with van der Waals surface area (Å²) in [5.74, 6) is -0.369. The smallest absolute Gasteiger partial charge is 0.141 e. The first-order valence-corrected chi connectivity index (χ1v) is 7.26. The van der Waals surface area contributed by atoms with Crippen molar-refractivity contribution in [1.82, 2.24) is 9.88 Å². The molecule has 1 aliphatic heterocycles. The number of hydrogen-bond donors (Lipinski definition) is 1. The van der Waals surface area contributed by atoms with E-state index in [0.717, 1.165) is 38.8 Å². The Hall–Kier alpha value is -1.00. The second kappa shape index (κ2) is 5.17. The van der Waals surface area contributed by atoms with Gasteiger partial charge in [-0.1, -0.05) is 12.8 Å². The summed E-state index contributed by atoms with van der Waals surface area (Å²) in [6.45, 7) is 2.11. The first kappa shape index (κ1) is 13.0. The van der Waals surface area contributed by atoms with Crippen LogP contribution < -0.4 is 0 Å². The predicted molar refractivity (Wildman–Crippen MR) is 71.2 cm³/mol. The lowest BCUT2D eigenvalue weighted by Gasteiger charge is -2.42. The molecule has 1 unspecified atom stereocenters. The Morgan fingerprint density at radius 3 is 2.47 bits per heavy atom. The molecule has 2 aliphatic rings. The highest BCUT2D eigenvalue weighted by molar-refractivity contribution is 5.20. The highest BCUT2D eigenvalue weighted by Gasteiger charge is 2.46. The standard InChI is InChI=1S/C15H21FN2O/c16-13-9-12(10-17-11-13)14(19)15(5-1-2-6-15)18-7-3-4-8-18/h9-11,14,19H,1-8H2. The summed E-state index contributed by atoms with van der Waals surface area (Å²) in [5.41, 5.74) is 0.431. The van der Waals surface area contributed by atoms with Crippen LogP contribution in [-0.2, 0) is 0 Å². The highest BCUT2D eigenvalue weighted by atomic mass is 19.1. The van der Waals surface area contributed by atoms with E-state index >= 15 is 0 Å². The minimum atomic E-state index is -0.628. The van der Waals surface area contributed by atoms with Gasteiger partial charge in [0.05, 0.1) is 17.8 Å². The van der Waals surface area contributed by atoms with Crippen LogP contribution in [0.3, 0.4) is 0 Å². The molecule has 1 aromatic rings. The van der Waals surface area contributed by atoms with Crippen LogP contribution in [0.1, 0.15) is 50.2 Å². The van der Waals surface area contributed by atoms with Crippen LogP contribution in [0.25, 0.3) is 0 Å². The van der Waals surface area contributed by atoms with Crippen molar-refractivity contribution in [3.8, 4) is 0 Å². The third kappa shape index (κ3) is 2.28. The fourth-order valence-corrected chi connectivity index (χ4v) is 3.80. The van der Waals surface area contributed by atoms with Crippen LogP contribution in [0.2, 0.25) is 0 Å². The van der Waals surface area contributed by atoms with Gasteiger partial charge in [0.25, 0.3) is 0 Å². The zero-order chi connectivity index (χ0) is 13.3. The molecule has 0 spiro atoms. The summed E-state index contributed by atoms with van der Waals surface area (Å²) >= 11 is 0. The number of aliphatic hydroxyl groups is 1. The second-order valence-corrected chi connectivity index (χ2v) is 5.84. The molecule has 0 bridgehead atoms. The van der Waals surface area contributed by atoms with Gasteiger partial charge >= 0.3 is 0 Å². The molecule has 104 valence electrons. The van der Waals surface area contributed by atoms with Crippen molar-refractivity contribution in [3.63, 3.8) is 0 Å². The van der Waals surface area contributed by atoms with Gasteiger partial charge < -0.3 is 5.11 Å². The lowest BCUT2D eigenvalue weighted by Crippen LogP contribution is -2.49. The Bertz CT molecular complexity index is 440. The molecule has 1 aromatic heterocycles. The molecule has 1 saturated carbocycles. The van der Waals surface area contributed by atoms with Gasteiger partial charge in [0.1, 0.15) is 5.82 Å². The van der Waals surface area contributed by atoms with E-state index in [1.54, 1.807) is 6.20 Å². The van der Waals surface area contributed by atoms with E-state index in [4.69, 9.17) is 0 Å². The van der Waals surface area contributed by atoms with Crippen LogP contribution in [0, 0.1) is 5.82 Å². The van der Waals surface area contributed by atoms with Crippen molar-refractivity contribution >= 4 is 0 Å². The molecule has 1 saturated heterocycles. The zero-order valence-corrected chi connectivity index (χ0v) is 11.2. The Balaban J connectivity index is 1.91. The lowest BCUT2D eigenvalue weighted by atomic mass is 9.85. The molecule has 19 heavy (non-hydrogen) atoms. The van der Waals surface area contributed by atoms with Crippen LogP contribution in [0.5, 0.6) is 0 Å². The molecule has 0 radical (unpaired) electrons. The fraction of sp³-hybridized carbons (Fsp3) is 0.667. The average molecular weight is 264 g/mol. The van der Waals surface area contributed by atoms with Crippen molar-refractivity contribution < 1.29 is 9.50 Å². The second-order valence-electron chi connectivity index (χ2n) is 5.84. The van der Waals surface area contributed by atoms with Crippen LogP contribution in [-0.4, -0.2) is 33.6 Å². The van der Waals surface area contributed by atoms with Gasteiger partial charge in [-0.05, 0) is 44.8 Å². The molecule has 4 heteroatoms. The van der Waals surface area contributed by atoms with E-state index in [0.29, 0.717) is 5.56 Å². The van der Waals surface area contributed by atoms with Crippen LogP contribution >= 0.6 is 0 Å². The van der Waals surface area contributed by atoms with Gasteiger partial charge in [-0.3, -0.25) is 9.88 Å². The first-order valence-electron chi connectivity index (χ1n) is 7.26. The molecule has 1 N–H and O–H groups in total. The minimum absolute atomic E-state index is 0.189. The van der Waals surface area contributed by atoms with E-state index in [2.05, 4.69) is 9.88 Å². The Morgan fingerprint density at radius 2 is 1.84 bits per heavy atom. The maximum Gasteiger partial charge on any atom is 0.141 e. The van der Waals surface area contributed by atoms with Crippen molar-refractivity contribution in [2.45, 2.75) is 50.2 Å². The molecule has 0 amide bonds. The van der Waals surface area contributed by atoms with Gasteiger partial charge in [-0.2, -0.15) is 0 Å². The summed E-state index contributed by atoms with van der Waals surface area (Å²) in [6.07, 6.45) is 8.88. The summed E-state index contributed by atoms with van der Waals surface area (Å²) < 4.78 is 13.3. The number of aliphatic hydroxyl groups excluding tert-OH is 1. The molecule has 3 nitrogen and oxygen atoms in total. The van der Waals surface area contributed by atoms with Crippen molar-refractivity contribution in [2.75, 3.05) is 13.1 Å². The third-order valence-electron chi connectivity index (χ3n) is 4.76. The van der Waals surface area contributed by atoms with E-state index in [-0.39, 0.29) is 11.4 Å². The lowest BCUT2D eigenvalue weighted by molar-refractivity contribution is -0.0198. The topological polar surface area (TPSA) is 36.4 Å². The van der Waals surface area contributed by atoms with Gasteiger partial charge in [-0.15, -0.1) is 0 Å². The van der Waals surface area contributed by atoms with E-state index < -0.39 is 6.10 Å². The number of likely N-dealkylation sites (tertiary alicyclic amines) is 1. The first-order chi connectivity index (χ1) is 9.22. The molecular weight excluding hydrogens is 243 g/mol. The van der Waals surface area contributed by atoms with E-state index in [9.17, 15) is 9.50 Å². The summed E-state index contributed by atoms with van der Waals surface area (Å²) in [5, 5.41) is 10.8. The molecule has 2 heterocycles. The fourth-order valence-electron chi connectivity index (χ4n) is 3.80. The SMILES string of the molecule is OC(c1cncc(F)c1)C1(N2CCCC2)CCCC1. The van der Waals surface area contributed by atoms with Crippen LogP contribution in [0.15, 0.2) is 18.5 Å². The number of aromatic nitrogens is 1. The zero-order valence-electron chi connectivity index (χ0n) is 11.2. The molecule has 1 aliphatic carbocycles. The highest BCUT2D eigenvalue weighted by Crippen LogP contribution is 2.45. The molecular formula is C15H21FN2O. The number of pyridine rings is 1. The number of hydrogen-bond acceptors (Lipinski definition) is 3. The average Bonchev–Trinajstić information content (AvgIpc) is 3.09. The van der Waals surface area contributed by atoms with Gasteiger partial charge in [0.2, 0.25) is 0 Å². The van der Waals surface area contributed by atoms with E-state index in [1.165, 1.54) is 25.1 Å². The quantitative estimate of drug-likeness (QED) is 0.912. The summed E-state index contributed by atoms with van der Waals surface area (Å²) in [6, 6.07) is 1.42. The summed E-state index contributed by atoms with van der Waals surface area (Å²) in [4.78, 5) is 6.31. The maximum atomic E-state index is 13.3. The molecule has 3 rings (SSSR count). The maximum absolute atomic E-state index is 13.3. The molecule has 0 aromatic carbocycles. The Labute approximate surface area is 113 Å². The Kier molecular flexibility index (Phi) is 3.54. The minimum Gasteiger partial charge on any atom is -0.386 e. The van der Waals surface area contributed by atoms with Crippen LogP contribution in [0.4, 0.5) is 4.39 Å². The third-order valence-corrected chi connectivity index (χ3v) is 4.76. The number of rotatable bonds is 3. The van der Waals surface area contributed by atoms with Crippen molar-refractivity contribution in [1.29, 1.82) is 0 Å².